The molecule has 2 heterocycles. The molecular weight excluding hydrogens is 282 g/mol. The van der Waals surface area contributed by atoms with Crippen LogP contribution in [0.5, 0.6) is 0 Å². The molecule has 16 heavy (non-hydrogen) atoms. The van der Waals surface area contributed by atoms with Gasteiger partial charge in [-0.3, -0.25) is 0 Å². The van der Waals surface area contributed by atoms with Crippen LogP contribution in [0.15, 0.2) is 10.5 Å². The number of aryl methyl sites for hydroxylation is 1. The van der Waals surface area contributed by atoms with Crippen LogP contribution < -0.4 is 5.32 Å². The minimum absolute atomic E-state index is 0.760. The summed E-state index contributed by atoms with van der Waals surface area (Å²) in [7, 11) is 0. The van der Waals surface area contributed by atoms with Crippen molar-refractivity contribution in [1.29, 1.82) is 0 Å². The maximum Gasteiger partial charge on any atom is 0.0314 e. The van der Waals surface area contributed by atoms with Crippen LogP contribution in [0.3, 0.4) is 0 Å². The average Bonchev–Trinajstić information content (AvgIpc) is 2.59. The summed E-state index contributed by atoms with van der Waals surface area (Å²) in [6, 6.07) is 2.34. The van der Waals surface area contributed by atoms with Crippen molar-refractivity contribution in [2.24, 2.45) is 11.8 Å². The fourth-order valence-electron chi connectivity index (χ4n) is 2.60. The fourth-order valence-corrected chi connectivity index (χ4v) is 4.37. The van der Waals surface area contributed by atoms with Crippen molar-refractivity contribution in [1.82, 2.24) is 5.32 Å². The van der Waals surface area contributed by atoms with E-state index in [-0.39, 0.29) is 0 Å². The van der Waals surface area contributed by atoms with Gasteiger partial charge in [-0.25, -0.2) is 0 Å². The molecule has 1 fully saturated rings. The lowest BCUT2D eigenvalue weighted by Crippen LogP contribution is -2.37. The van der Waals surface area contributed by atoms with Crippen molar-refractivity contribution >= 4 is 27.3 Å². The lowest BCUT2D eigenvalue weighted by atomic mass is 9.78. The molecule has 1 nitrogen and oxygen atoms in total. The van der Waals surface area contributed by atoms with Crippen molar-refractivity contribution in [3.63, 3.8) is 0 Å². The predicted molar refractivity (Wildman–Crippen MR) is 75.3 cm³/mol. The summed E-state index contributed by atoms with van der Waals surface area (Å²) >= 11 is 5.60. The molecule has 3 heteroatoms. The van der Waals surface area contributed by atoms with Crippen LogP contribution in [0.2, 0.25) is 0 Å². The van der Waals surface area contributed by atoms with Crippen LogP contribution in [0.1, 0.15) is 35.9 Å². The average molecular weight is 302 g/mol. The van der Waals surface area contributed by atoms with Gasteiger partial charge in [-0.15, -0.1) is 11.3 Å². The number of halogens is 1. The molecule has 1 N–H and O–H groups in total. The molecule has 2 unspecified atom stereocenters. The van der Waals surface area contributed by atoms with Gasteiger partial charge in [0, 0.05) is 14.2 Å². The van der Waals surface area contributed by atoms with Gasteiger partial charge in [0.2, 0.25) is 0 Å². The Morgan fingerprint density at radius 3 is 2.81 bits per heavy atom. The Kier molecular flexibility index (Phi) is 4.09. The molecule has 1 aliphatic heterocycles. The first-order chi connectivity index (χ1) is 7.59. The van der Waals surface area contributed by atoms with Gasteiger partial charge >= 0.3 is 0 Å². The summed E-state index contributed by atoms with van der Waals surface area (Å²) < 4.78 is 1.29. The van der Waals surface area contributed by atoms with E-state index in [9.17, 15) is 0 Å². The molecule has 2 rings (SSSR count). The largest absolute Gasteiger partial charge is 0.316 e. The van der Waals surface area contributed by atoms with E-state index < -0.39 is 0 Å². The minimum atomic E-state index is 0.760. The van der Waals surface area contributed by atoms with Crippen LogP contribution in [0, 0.1) is 18.8 Å². The summed E-state index contributed by atoms with van der Waals surface area (Å²) in [5.74, 6) is 2.31. The number of piperidine rings is 1. The summed E-state index contributed by atoms with van der Waals surface area (Å²) in [6.45, 7) is 9.24. The third-order valence-electron chi connectivity index (χ3n) is 3.63. The standard InChI is InChI=1S/C13H20BrNS/c1-8(2)11-7-15-5-4-10(11)13-6-12(14)9(3)16-13/h6,8,10-11,15H,4-5,7H2,1-3H3. The molecule has 0 aliphatic carbocycles. The lowest BCUT2D eigenvalue weighted by Gasteiger charge is -2.34. The van der Waals surface area contributed by atoms with Gasteiger partial charge in [-0.2, -0.15) is 0 Å². The number of nitrogens with one attached hydrogen (secondary N) is 1. The first kappa shape index (κ1) is 12.6. The Balaban J connectivity index is 2.23. The zero-order valence-electron chi connectivity index (χ0n) is 10.2. The Bertz CT molecular complexity index is 339. The number of thiophene rings is 1. The molecule has 0 saturated carbocycles. The van der Waals surface area contributed by atoms with E-state index in [2.05, 4.69) is 48.1 Å². The second kappa shape index (κ2) is 5.19. The molecule has 0 radical (unpaired) electrons. The van der Waals surface area contributed by atoms with Gasteiger partial charge in [0.1, 0.15) is 0 Å². The van der Waals surface area contributed by atoms with E-state index in [1.807, 2.05) is 11.3 Å². The van der Waals surface area contributed by atoms with Gasteiger partial charge in [-0.1, -0.05) is 13.8 Å². The SMILES string of the molecule is Cc1sc(C2CCNCC2C(C)C)cc1Br. The molecule has 0 bridgehead atoms. The van der Waals surface area contributed by atoms with Gasteiger partial charge in [0.15, 0.2) is 0 Å². The Morgan fingerprint density at radius 1 is 1.50 bits per heavy atom. The molecule has 1 aromatic rings. The smallest absolute Gasteiger partial charge is 0.0314 e. The summed E-state index contributed by atoms with van der Waals surface area (Å²) in [6.07, 6.45) is 1.29. The quantitative estimate of drug-likeness (QED) is 0.864. The highest BCUT2D eigenvalue weighted by Gasteiger charge is 2.29. The van der Waals surface area contributed by atoms with Crippen molar-refractivity contribution < 1.29 is 0 Å². The Morgan fingerprint density at radius 2 is 2.25 bits per heavy atom. The number of rotatable bonds is 2. The van der Waals surface area contributed by atoms with Gasteiger partial charge in [0.05, 0.1) is 0 Å². The van der Waals surface area contributed by atoms with Crippen molar-refractivity contribution in [3.05, 3.63) is 20.3 Å². The highest BCUT2D eigenvalue weighted by Crippen LogP contribution is 2.40. The van der Waals surface area contributed by atoms with E-state index in [1.54, 1.807) is 4.88 Å². The van der Waals surface area contributed by atoms with Crippen LogP contribution >= 0.6 is 27.3 Å². The zero-order chi connectivity index (χ0) is 11.7. The molecule has 0 aromatic carbocycles. The summed E-state index contributed by atoms with van der Waals surface area (Å²) in [5.41, 5.74) is 0. The first-order valence-corrected chi connectivity index (χ1v) is 7.67. The van der Waals surface area contributed by atoms with E-state index in [0.717, 1.165) is 17.8 Å². The predicted octanol–water partition coefficient (Wildman–Crippen LogP) is 4.17. The van der Waals surface area contributed by atoms with Gasteiger partial charge in [0.25, 0.3) is 0 Å². The lowest BCUT2D eigenvalue weighted by molar-refractivity contribution is 0.258. The summed E-state index contributed by atoms with van der Waals surface area (Å²) in [4.78, 5) is 2.99. The van der Waals surface area contributed by atoms with Gasteiger partial charge < -0.3 is 5.32 Å². The second-order valence-corrected chi connectivity index (χ2v) is 7.20. The molecular formula is C13H20BrNS. The molecule has 0 amide bonds. The van der Waals surface area contributed by atoms with Crippen LogP contribution in [0.25, 0.3) is 0 Å². The van der Waals surface area contributed by atoms with E-state index in [0.29, 0.717) is 0 Å². The minimum Gasteiger partial charge on any atom is -0.316 e. The highest BCUT2D eigenvalue weighted by atomic mass is 79.9. The van der Waals surface area contributed by atoms with E-state index >= 15 is 0 Å². The Hall–Kier alpha value is 0.140. The maximum absolute atomic E-state index is 3.63. The molecule has 1 saturated heterocycles. The van der Waals surface area contributed by atoms with Crippen LogP contribution in [-0.4, -0.2) is 13.1 Å². The second-order valence-electron chi connectivity index (χ2n) is 5.06. The number of hydrogen-bond acceptors (Lipinski definition) is 2. The molecule has 1 aromatic heterocycles. The molecule has 0 spiro atoms. The van der Waals surface area contributed by atoms with Gasteiger partial charge in [-0.05, 0) is 66.2 Å². The third-order valence-corrected chi connectivity index (χ3v) is 5.90. The van der Waals surface area contributed by atoms with Crippen molar-refractivity contribution in [2.75, 3.05) is 13.1 Å². The molecule has 1 aliphatic rings. The third kappa shape index (κ3) is 2.52. The monoisotopic (exact) mass is 301 g/mol. The first-order valence-electron chi connectivity index (χ1n) is 6.06. The van der Waals surface area contributed by atoms with E-state index in [1.165, 1.54) is 28.9 Å². The summed E-state index contributed by atoms with van der Waals surface area (Å²) in [5, 5.41) is 3.53. The molecule has 2 atom stereocenters. The van der Waals surface area contributed by atoms with Crippen molar-refractivity contribution in [2.45, 2.75) is 33.1 Å². The van der Waals surface area contributed by atoms with Crippen LogP contribution in [-0.2, 0) is 0 Å². The fraction of sp³-hybridized carbons (Fsp3) is 0.692. The maximum atomic E-state index is 3.63. The topological polar surface area (TPSA) is 12.0 Å². The van der Waals surface area contributed by atoms with Crippen molar-refractivity contribution in [3.8, 4) is 0 Å². The normalized spacial score (nSPS) is 26.3. The zero-order valence-corrected chi connectivity index (χ0v) is 12.6. The number of hydrogen-bond donors (Lipinski definition) is 1. The Labute approximate surface area is 111 Å². The highest BCUT2D eigenvalue weighted by molar-refractivity contribution is 9.10. The van der Waals surface area contributed by atoms with E-state index in [4.69, 9.17) is 0 Å². The molecule has 90 valence electrons. The van der Waals surface area contributed by atoms with Crippen LogP contribution in [0.4, 0.5) is 0 Å².